The van der Waals surface area contributed by atoms with E-state index in [0.717, 1.165) is 62.1 Å². The number of piperidine rings is 1. The average molecular weight is 361 g/mol. The van der Waals surface area contributed by atoms with E-state index < -0.39 is 0 Å². The predicted octanol–water partition coefficient (Wildman–Crippen LogP) is 3.22. The molecule has 134 valence electrons. The third-order valence-corrected chi connectivity index (χ3v) is 6.28. The average Bonchev–Trinajstić information content (AvgIpc) is 3.03. The number of carbonyl (C=O) groups is 1. The fourth-order valence-corrected chi connectivity index (χ4v) is 4.88. The van der Waals surface area contributed by atoms with E-state index in [1.165, 1.54) is 5.69 Å². The van der Waals surface area contributed by atoms with Gasteiger partial charge in [0.15, 0.2) is 0 Å². The van der Waals surface area contributed by atoms with Crippen molar-refractivity contribution >= 4 is 33.0 Å². The number of nitrogens with zero attached hydrogens (tertiary/aromatic N) is 2. The number of halogens is 1. The lowest BCUT2D eigenvalue weighted by molar-refractivity contribution is -0.123. The Morgan fingerprint density at radius 3 is 2.88 bits per heavy atom. The van der Waals surface area contributed by atoms with E-state index in [1.54, 1.807) is 23.5 Å². The SMILES string of the molecule is O=C1CCCC(CCN2CCN(c3csc4cc(F)ccc34)CC2)N1. The van der Waals surface area contributed by atoms with Crippen LogP contribution in [0.15, 0.2) is 23.6 Å². The molecule has 6 heteroatoms. The van der Waals surface area contributed by atoms with Crippen LogP contribution in [-0.2, 0) is 4.79 Å². The summed E-state index contributed by atoms with van der Waals surface area (Å²) in [6.07, 6.45) is 3.87. The first-order valence-electron chi connectivity index (χ1n) is 9.12. The highest BCUT2D eigenvalue weighted by Gasteiger charge is 2.22. The first-order chi connectivity index (χ1) is 12.2. The summed E-state index contributed by atoms with van der Waals surface area (Å²) in [4.78, 5) is 16.4. The van der Waals surface area contributed by atoms with Crippen molar-refractivity contribution < 1.29 is 9.18 Å². The molecule has 2 aliphatic heterocycles. The molecule has 4 nitrogen and oxygen atoms in total. The minimum atomic E-state index is -0.166. The summed E-state index contributed by atoms with van der Waals surface area (Å²) >= 11 is 1.62. The lowest BCUT2D eigenvalue weighted by Gasteiger charge is -2.36. The van der Waals surface area contributed by atoms with Crippen LogP contribution < -0.4 is 10.2 Å². The lowest BCUT2D eigenvalue weighted by Crippen LogP contribution is -2.48. The Kier molecular flexibility index (Phi) is 4.90. The zero-order valence-corrected chi connectivity index (χ0v) is 15.2. The van der Waals surface area contributed by atoms with Gasteiger partial charge in [-0.3, -0.25) is 9.69 Å². The first kappa shape index (κ1) is 16.8. The van der Waals surface area contributed by atoms with E-state index in [2.05, 4.69) is 20.5 Å². The van der Waals surface area contributed by atoms with Crippen LogP contribution in [0.25, 0.3) is 10.1 Å². The summed E-state index contributed by atoms with van der Waals surface area (Å²) in [5.74, 6) is 0.0439. The summed E-state index contributed by atoms with van der Waals surface area (Å²) in [5, 5.41) is 6.41. The highest BCUT2D eigenvalue weighted by atomic mass is 32.1. The van der Waals surface area contributed by atoms with Crippen LogP contribution in [0.3, 0.4) is 0 Å². The van der Waals surface area contributed by atoms with E-state index in [1.807, 2.05) is 6.07 Å². The Morgan fingerprint density at radius 1 is 1.24 bits per heavy atom. The van der Waals surface area contributed by atoms with Gasteiger partial charge in [0.25, 0.3) is 0 Å². The number of hydrogen-bond acceptors (Lipinski definition) is 4. The second-order valence-electron chi connectivity index (χ2n) is 7.04. The molecule has 2 saturated heterocycles. The maximum Gasteiger partial charge on any atom is 0.220 e. The second-order valence-corrected chi connectivity index (χ2v) is 7.95. The van der Waals surface area contributed by atoms with Crippen molar-refractivity contribution in [3.63, 3.8) is 0 Å². The lowest BCUT2D eigenvalue weighted by atomic mass is 10.0. The Hall–Kier alpha value is -1.66. The molecule has 0 aliphatic carbocycles. The zero-order valence-electron chi connectivity index (χ0n) is 14.3. The van der Waals surface area contributed by atoms with E-state index >= 15 is 0 Å². The molecule has 0 radical (unpaired) electrons. The third-order valence-electron chi connectivity index (χ3n) is 5.35. The van der Waals surface area contributed by atoms with E-state index in [4.69, 9.17) is 0 Å². The minimum Gasteiger partial charge on any atom is -0.368 e. The predicted molar refractivity (Wildman–Crippen MR) is 101 cm³/mol. The van der Waals surface area contributed by atoms with Gasteiger partial charge in [0, 0.05) is 60.7 Å². The van der Waals surface area contributed by atoms with Crippen LogP contribution in [0.5, 0.6) is 0 Å². The number of thiophene rings is 1. The van der Waals surface area contributed by atoms with Crippen molar-refractivity contribution in [2.24, 2.45) is 0 Å². The smallest absolute Gasteiger partial charge is 0.220 e. The highest BCUT2D eigenvalue weighted by Crippen LogP contribution is 2.34. The molecule has 1 amide bonds. The molecule has 3 heterocycles. The van der Waals surface area contributed by atoms with Crippen LogP contribution in [0, 0.1) is 5.82 Å². The van der Waals surface area contributed by atoms with Crippen LogP contribution >= 0.6 is 11.3 Å². The molecule has 1 atom stereocenters. The molecule has 2 fully saturated rings. The van der Waals surface area contributed by atoms with Gasteiger partial charge < -0.3 is 10.2 Å². The maximum absolute atomic E-state index is 13.4. The van der Waals surface area contributed by atoms with E-state index in [9.17, 15) is 9.18 Å². The van der Waals surface area contributed by atoms with Gasteiger partial charge in [-0.2, -0.15) is 0 Å². The van der Waals surface area contributed by atoms with Gasteiger partial charge in [0.2, 0.25) is 5.91 Å². The fourth-order valence-electron chi connectivity index (χ4n) is 3.88. The largest absolute Gasteiger partial charge is 0.368 e. The number of anilines is 1. The van der Waals surface area contributed by atoms with Gasteiger partial charge in [-0.25, -0.2) is 4.39 Å². The van der Waals surface area contributed by atoms with Gasteiger partial charge in [0.1, 0.15) is 5.82 Å². The first-order valence-corrected chi connectivity index (χ1v) is 10.0. The monoisotopic (exact) mass is 361 g/mol. The van der Waals surface area contributed by atoms with Crippen LogP contribution in [0.4, 0.5) is 10.1 Å². The number of piperazine rings is 1. The summed E-state index contributed by atoms with van der Waals surface area (Å²) in [7, 11) is 0. The molecule has 1 aromatic heterocycles. The van der Waals surface area contributed by atoms with Gasteiger partial charge >= 0.3 is 0 Å². The van der Waals surface area contributed by atoms with Gasteiger partial charge in [0.05, 0.1) is 5.69 Å². The van der Waals surface area contributed by atoms with Crippen LogP contribution in [-0.4, -0.2) is 49.6 Å². The highest BCUT2D eigenvalue weighted by molar-refractivity contribution is 7.17. The molecule has 2 aliphatic rings. The maximum atomic E-state index is 13.4. The van der Waals surface area contributed by atoms with Crippen molar-refractivity contribution in [3.8, 4) is 0 Å². The number of carbonyl (C=O) groups excluding carboxylic acids is 1. The molecular weight excluding hydrogens is 337 g/mol. The summed E-state index contributed by atoms with van der Waals surface area (Å²) in [6.45, 7) is 5.13. The van der Waals surface area contributed by atoms with E-state index in [-0.39, 0.29) is 11.7 Å². The molecule has 2 aromatic rings. The topological polar surface area (TPSA) is 35.6 Å². The van der Waals surface area contributed by atoms with Crippen molar-refractivity contribution in [2.75, 3.05) is 37.6 Å². The molecule has 25 heavy (non-hydrogen) atoms. The van der Waals surface area contributed by atoms with Crippen molar-refractivity contribution in [3.05, 3.63) is 29.4 Å². The molecule has 1 unspecified atom stereocenters. The number of nitrogens with one attached hydrogen (secondary N) is 1. The molecule has 0 bridgehead atoms. The van der Waals surface area contributed by atoms with E-state index in [0.29, 0.717) is 12.5 Å². The Bertz CT molecular complexity index is 754. The fraction of sp³-hybridized carbons (Fsp3) is 0.526. The Labute approximate surface area is 151 Å². The van der Waals surface area contributed by atoms with Gasteiger partial charge in [-0.1, -0.05) is 0 Å². The number of fused-ring (bicyclic) bond motifs is 1. The third kappa shape index (κ3) is 3.80. The zero-order chi connectivity index (χ0) is 17.2. The van der Waals surface area contributed by atoms with Crippen molar-refractivity contribution in [1.29, 1.82) is 0 Å². The number of amides is 1. The van der Waals surface area contributed by atoms with Crippen LogP contribution in [0.2, 0.25) is 0 Å². The molecule has 1 N–H and O–H groups in total. The van der Waals surface area contributed by atoms with Gasteiger partial charge in [-0.15, -0.1) is 11.3 Å². The summed E-state index contributed by atoms with van der Waals surface area (Å²) < 4.78 is 14.4. The Balaban J connectivity index is 1.31. The molecular formula is C19H24FN3OS. The number of rotatable bonds is 4. The minimum absolute atomic E-state index is 0.166. The molecule has 1 aromatic carbocycles. The van der Waals surface area contributed by atoms with Crippen LogP contribution in [0.1, 0.15) is 25.7 Å². The standard InChI is InChI=1S/C19H24FN3OS/c20-14-4-5-16-17(13-25-18(16)12-14)23-10-8-22(9-11-23)7-6-15-2-1-3-19(24)21-15/h4-5,12-13,15H,1-3,6-11H2,(H,21,24). The number of hydrogen-bond donors (Lipinski definition) is 1. The van der Waals surface area contributed by atoms with Crippen molar-refractivity contribution in [1.82, 2.24) is 10.2 Å². The summed E-state index contributed by atoms with van der Waals surface area (Å²) in [6, 6.07) is 5.43. The number of benzene rings is 1. The summed E-state index contributed by atoms with van der Waals surface area (Å²) in [5.41, 5.74) is 1.24. The quantitative estimate of drug-likeness (QED) is 0.908. The normalized spacial score (nSPS) is 22.4. The molecule has 4 rings (SSSR count). The molecule has 0 saturated carbocycles. The Morgan fingerprint density at radius 2 is 2.08 bits per heavy atom. The van der Waals surface area contributed by atoms with Crippen molar-refractivity contribution in [2.45, 2.75) is 31.7 Å². The van der Waals surface area contributed by atoms with Gasteiger partial charge in [-0.05, 0) is 37.5 Å². The second kappa shape index (κ2) is 7.30. The molecule has 0 spiro atoms.